The zero-order valence-corrected chi connectivity index (χ0v) is 12.3. The van der Waals surface area contributed by atoms with E-state index in [1.165, 1.54) is 30.2 Å². The van der Waals surface area contributed by atoms with E-state index < -0.39 is 5.82 Å². The molecule has 1 fully saturated rings. The molecule has 19 heavy (non-hydrogen) atoms. The average Bonchev–Trinajstić information content (AvgIpc) is 3.13. The summed E-state index contributed by atoms with van der Waals surface area (Å²) < 4.78 is 25.6. The molecule has 0 bridgehead atoms. The first-order valence-corrected chi connectivity index (χ1v) is 7.53. The van der Waals surface area contributed by atoms with Crippen molar-refractivity contribution in [1.29, 1.82) is 0 Å². The maximum Gasteiger partial charge on any atom is 0.279 e. The van der Waals surface area contributed by atoms with Crippen LogP contribution in [0.15, 0.2) is 28.2 Å². The molecule has 2 aromatic rings. The van der Waals surface area contributed by atoms with Gasteiger partial charge in [0.15, 0.2) is 11.6 Å². The summed E-state index contributed by atoms with van der Waals surface area (Å²) in [7, 11) is 0. The quantitative estimate of drug-likeness (QED) is 0.793. The van der Waals surface area contributed by atoms with Gasteiger partial charge in [-0.2, -0.15) is 0 Å². The SMILES string of the molecule is Fc1cc(OCC2CC2)ccc1Oc1ncc(Br)s1. The highest BCUT2D eigenvalue weighted by molar-refractivity contribution is 9.11. The van der Waals surface area contributed by atoms with Crippen molar-refractivity contribution in [2.24, 2.45) is 5.92 Å². The molecule has 0 spiro atoms. The number of halogens is 2. The highest BCUT2D eigenvalue weighted by Gasteiger charge is 2.22. The molecule has 3 rings (SSSR count). The molecule has 100 valence electrons. The Morgan fingerprint density at radius 2 is 2.26 bits per heavy atom. The van der Waals surface area contributed by atoms with Crippen LogP contribution in [0, 0.1) is 11.7 Å². The second kappa shape index (κ2) is 5.46. The first-order valence-electron chi connectivity index (χ1n) is 5.92. The van der Waals surface area contributed by atoms with Crippen molar-refractivity contribution in [3.63, 3.8) is 0 Å². The fourth-order valence-corrected chi connectivity index (χ4v) is 2.56. The van der Waals surface area contributed by atoms with E-state index in [0.717, 1.165) is 3.79 Å². The van der Waals surface area contributed by atoms with Gasteiger partial charge < -0.3 is 9.47 Å². The molecule has 1 heterocycles. The van der Waals surface area contributed by atoms with Crippen LogP contribution < -0.4 is 9.47 Å². The minimum absolute atomic E-state index is 0.153. The number of ether oxygens (including phenoxy) is 2. The number of nitrogens with zero attached hydrogens (tertiary/aromatic N) is 1. The van der Waals surface area contributed by atoms with Gasteiger partial charge in [0.25, 0.3) is 5.19 Å². The molecule has 0 atom stereocenters. The van der Waals surface area contributed by atoms with Crippen LogP contribution in [0.4, 0.5) is 4.39 Å². The Labute approximate surface area is 122 Å². The van der Waals surface area contributed by atoms with Crippen molar-refractivity contribution in [2.75, 3.05) is 6.61 Å². The Morgan fingerprint density at radius 3 is 2.89 bits per heavy atom. The second-order valence-electron chi connectivity index (χ2n) is 4.38. The summed E-state index contributed by atoms with van der Waals surface area (Å²) >= 11 is 4.58. The molecule has 3 nitrogen and oxygen atoms in total. The fraction of sp³-hybridized carbons (Fsp3) is 0.308. The van der Waals surface area contributed by atoms with Gasteiger partial charge in [-0.3, -0.25) is 0 Å². The number of rotatable bonds is 5. The van der Waals surface area contributed by atoms with Gasteiger partial charge >= 0.3 is 0 Å². The number of benzene rings is 1. The lowest BCUT2D eigenvalue weighted by molar-refractivity contribution is 0.297. The van der Waals surface area contributed by atoms with Crippen molar-refractivity contribution in [3.05, 3.63) is 34.0 Å². The maximum absolute atomic E-state index is 13.8. The molecular weight excluding hydrogens is 333 g/mol. The maximum atomic E-state index is 13.8. The van der Waals surface area contributed by atoms with Crippen molar-refractivity contribution in [2.45, 2.75) is 12.8 Å². The number of hydrogen-bond donors (Lipinski definition) is 0. The van der Waals surface area contributed by atoms with Crippen LogP contribution in [-0.4, -0.2) is 11.6 Å². The van der Waals surface area contributed by atoms with E-state index >= 15 is 0 Å². The third-order valence-electron chi connectivity index (χ3n) is 2.74. The molecule has 0 aliphatic heterocycles. The van der Waals surface area contributed by atoms with Crippen molar-refractivity contribution in [1.82, 2.24) is 4.98 Å². The van der Waals surface area contributed by atoms with E-state index in [9.17, 15) is 4.39 Å². The molecule has 1 aliphatic carbocycles. The normalized spacial score (nSPS) is 14.4. The van der Waals surface area contributed by atoms with Gasteiger partial charge in [-0.15, -0.1) is 0 Å². The van der Waals surface area contributed by atoms with E-state index in [1.54, 1.807) is 18.3 Å². The average molecular weight is 344 g/mol. The fourth-order valence-electron chi connectivity index (χ4n) is 1.53. The predicted molar refractivity (Wildman–Crippen MR) is 74.5 cm³/mol. The third kappa shape index (κ3) is 3.45. The minimum atomic E-state index is -0.445. The molecule has 6 heteroatoms. The summed E-state index contributed by atoms with van der Waals surface area (Å²) in [5, 5.41) is 0.400. The van der Waals surface area contributed by atoms with E-state index in [-0.39, 0.29) is 5.75 Å². The molecular formula is C13H11BrFNO2S. The van der Waals surface area contributed by atoms with Crippen molar-refractivity contribution < 1.29 is 13.9 Å². The van der Waals surface area contributed by atoms with Gasteiger partial charge in [-0.1, -0.05) is 11.3 Å². The van der Waals surface area contributed by atoms with E-state index in [1.807, 2.05) is 0 Å². The van der Waals surface area contributed by atoms with Crippen LogP contribution in [0.2, 0.25) is 0 Å². The topological polar surface area (TPSA) is 31.4 Å². The Balaban J connectivity index is 1.67. The zero-order chi connectivity index (χ0) is 13.2. The van der Waals surface area contributed by atoms with Crippen LogP contribution in [0.1, 0.15) is 12.8 Å². The summed E-state index contributed by atoms with van der Waals surface area (Å²) in [5.74, 6) is 0.893. The lowest BCUT2D eigenvalue weighted by Crippen LogP contribution is -1.99. The molecule has 1 saturated carbocycles. The smallest absolute Gasteiger partial charge is 0.279 e. The van der Waals surface area contributed by atoms with Crippen LogP contribution >= 0.6 is 27.3 Å². The molecule has 0 unspecified atom stereocenters. The molecule has 1 aliphatic rings. The Kier molecular flexibility index (Phi) is 3.70. The summed E-state index contributed by atoms with van der Waals surface area (Å²) in [5.41, 5.74) is 0. The summed E-state index contributed by atoms with van der Waals surface area (Å²) in [6.45, 7) is 0.666. The summed E-state index contributed by atoms with van der Waals surface area (Å²) in [4.78, 5) is 3.99. The molecule has 0 amide bonds. The zero-order valence-electron chi connectivity index (χ0n) is 9.94. The van der Waals surface area contributed by atoms with Gasteiger partial charge in [-0.25, -0.2) is 9.37 Å². The first kappa shape index (κ1) is 12.9. The minimum Gasteiger partial charge on any atom is -0.493 e. The van der Waals surface area contributed by atoms with Crippen molar-refractivity contribution >= 4 is 27.3 Å². The Hall–Kier alpha value is -1.14. The van der Waals surface area contributed by atoms with Gasteiger partial charge in [0.2, 0.25) is 0 Å². The largest absolute Gasteiger partial charge is 0.493 e. The second-order valence-corrected chi connectivity index (χ2v) is 6.75. The number of hydrogen-bond acceptors (Lipinski definition) is 4. The highest BCUT2D eigenvalue weighted by atomic mass is 79.9. The number of thiazole rings is 1. The lowest BCUT2D eigenvalue weighted by atomic mass is 10.3. The molecule has 0 N–H and O–H groups in total. The van der Waals surface area contributed by atoms with Gasteiger partial charge in [0, 0.05) is 6.07 Å². The predicted octanol–water partition coefficient (Wildman–Crippen LogP) is 4.63. The highest BCUT2D eigenvalue weighted by Crippen LogP contribution is 2.33. The Bertz CT molecular complexity index is 586. The molecule has 0 radical (unpaired) electrons. The molecule has 0 saturated heterocycles. The first-order chi connectivity index (χ1) is 9.20. The van der Waals surface area contributed by atoms with E-state index in [0.29, 0.717) is 23.5 Å². The summed E-state index contributed by atoms with van der Waals surface area (Å²) in [6.07, 6.45) is 4.04. The lowest BCUT2D eigenvalue weighted by Gasteiger charge is -2.07. The monoisotopic (exact) mass is 343 g/mol. The van der Waals surface area contributed by atoms with Crippen LogP contribution in [0.3, 0.4) is 0 Å². The van der Waals surface area contributed by atoms with Gasteiger partial charge in [-0.05, 0) is 46.8 Å². The van der Waals surface area contributed by atoms with Crippen LogP contribution in [0.25, 0.3) is 0 Å². The Morgan fingerprint density at radius 1 is 1.42 bits per heavy atom. The van der Waals surface area contributed by atoms with E-state index in [2.05, 4.69) is 20.9 Å². The summed E-state index contributed by atoms with van der Waals surface area (Å²) in [6, 6.07) is 4.62. The standard InChI is InChI=1S/C13H11BrFNO2S/c14-12-6-16-13(19-12)18-11-4-3-9(5-10(11)15)17-7-8-1-2-8/h3-6,8H,1-2,7H2. The van der Waals surface area contributed by atoms with Crippen LogP contribution in [-0.2, 0) is 0 Å². The van der Waals surface area contributed by atoms with Crippen molar-refractivity contribution in [3.8, 4) is 16.7 Å². The van der Waals surface area contributed by atoms with Gasteiger partial charge in [0.05, 0.1) is 16.6 Å². The molecule has 1 aromatic heterocycles. The number of aromatic nitrogens is 1. The molecule has 1 aromatic carbocycles. The van der Waals surface area contributed by atoms with Gasteiger partial charge in [0.1, 0.15) is 5.75 Å². The third-order valence-corrected chi connectivity index (χ3v) is 4.09. The van der Waals surface area contributed by atoms with Crippen LogP contribution in [0.5, 0.6) is 16.7 Å². The van der Waals surface area contributed by atoms with E-state index in [4.69, 9.17) is 9.47 Å².